The van der Waals surface area contributed by atoms with Crippen LogP contribution in [0.1, 0.15) is 75.8 Å². The summed E-state index contributed by atoms with van der Waals surface area (Å²) in [5, 5.41) is 7.26. The van der Waals surface area contributed by atoms with Gasteiger partial charge in [0.05, 0.1) is 6.33 Å². The molecular formula is C29H42Cl2N8O2. The van der Waals surface area contributed by atoms with Crippen LogP contribution >= 0.6 is 24.8 Å². The highest BCUT2D eigenvalue weighted by Gasteiger charge is 2.27. The topological polar surface area (TPSA) is 123 Å². The fraction of sp³-hybridized carbons (Fsp3) is 0.586. The van der Waals surface area contributed by atoms with Crippen molar-refractivity contribution in [3.63, 3.8) is 0 Å². The van der Waals surface area contributed by atoms with E-state index in [1.165, 1.54) is 25.7 Å². The van der Waals surface area contributed by atoms with Gasteiger partial charge >= 0.3 is 6.09 Å². The van der Waals surface area contributed by atoms with E-state index in [-0.39, 0.29) is 36.9 Å². The third-order valence-electron chi connectivity index (χ3n) is 8.56. The Labute approximate surface area is 254 Å². The molecule has 2 aliphatic carbocycles. The van der Waals surface area contributed by atoms with Crippen LogP contribution in [0.3, 0.4) is 0 Å². The molecule has 0 atom stereocenters. The number of rotatable bonds is 6. The molecular weight excluding hydrogens is 563 g/mol. The van der Waals surface area contributed by atoms with Crippen molar-refractivity contribution in [1.29, 1.82) is 0 Å². The Morgan fingerprint density at radius 3 is 2.24 bits per heavy atom. The second kappa shape index (κ2) is 13.9. The van der Waals surface area contributed by atoms with E-state index in [9.17, 15) is 4.79 Å². The number of hydrogen-bond acceptors (Lipinski definition) is 8. The number of fused-ring (bicyclic) bond motifs is 1. The number of halogens is 2. The van der Waals surface area contributed by atoms with E-state index >= 15 is 0 Å². The van der Waals surface area contributed by atoms with Crippen molar-refractivity contribution in [2.24, 2.45) is 5.73 Å². The number of piperidine rings is 1. The van der Waals surface area contributed by atoms with Crippen molar-refractivity contribution in [2.45, 2.75) is 95.3 Å². The van der Waals surface area contributed by atoms with Gasteiger partial charge in [0, 0.05) is 37.3 Å². The summed E-state index contributed by atoms with van der Waals surface area (Å²) in [6.07, 6.45) is 12.2. The first kappa shape index (κ1) is 31.1. The number of ether oxygens (including phenoxy) is 1. The first-order valence-electron chi connectivity index (χ1n) is 14.6. The maximum atomic E-state index is 12.7. The Bertz CT molecular complexity index is 1280. The lowest BCUT2D eigenvalue weighted by atomic mass is 9.92. The molecule has 12 heteroatoms. The van der Waals surface area contributed by atoms with E-state index in [0.717, 1.165) is 61.1 Å². The summed E-state index contributed by atoms with van der Waals surface area (Å²) in [4.78, 5) is 29.1. The van der Waals surface area contributed by atoms with Crippen LogP contribution in [0.5, 0.6) is 5.75 Å². The average molecular weight is 606 g/mol. The predicted molar refractivity (Wildman–Crippen MR) is 167 cm³/mol. The number of nitrogens with one attached hydrogen (secondary N) is 2. The Morgan fingerprint density at radius 1 is 0.902 bits per heavy atom. The zero-order valence-corrected chi connectivity index (χ0v) is 25.3. The molecule has 2 saturated carbocycles. The van der Waals surface area contributed by atoms with Gasteiger partial charge in [-0.1, -0.05) is 30.5 Å². The minimum Gasteiger partial charge on any atom is -0.410 e. The monoisotopic (exact) mass is 604 g/mol. The van der Waals surface area contributed by atoms with Crippen LogP contribution in [-0.2, 0) is 0 Å². The maximum absolute atomic E-state index is 12.7. The fourth-order valence-corrected chi connectivity index (χ4v) is 6.15. The summed E-state index contributed by atoms with van der Waals surface area (Å²) in [5.41, 5.74) is 8.98. The number of carbonyl (C=O) groups excluding carboxylic acids is 1. The minimum absolute atomic E-state index is 0. The highest BCUT2D eigenvalue weighted by atomic mass is 35.5. The lowest BCUT2D eigenvalue weighted by molar-refractivity contribution is 0.140. The molecule has 6 rings (SSSR count). The Balaban J connectivity index is 0.00000194. The van der Waals surface area contributed by atoms with Crippen LogP contribution in [0.15, 0.2) is 30.6 Å². The summed E-state index contributed by atoms with van der Waals surface area (Å²) in [6, 6.07) is 8.82. The SMILES string of the molecule is Cc1ccc(OC(=O)N2CCC(Nc3nc(NC4CCC(N)CC4)nc4c3ncn4C3CCCC3)CC2)cc1.Cl.Cl. The van der Waals surface area contributed by atoms with Crippen molar-refractivity contribution in [3.05, 3.63) is 36.2 Å². The summed E-state index contributed by atoms with van der Waals surface area (Å²) >= 11 is 0. The van der Waals surface area contributed by atoms with Gasteiger partial charge in [0.15, 0.2) is 17.0 Å². The summed E-state index contributed by atoms with van der Waals surface area (Å²) in [5.74, 6) is 2.00. The van der Waals surface area contributed by atoms with Crippen LogP contribution in [0.2, 0.25) is 0 Å². The largest absolute Gasteiger partial charge is 0.415 e. The minimum atomic E-state index is -0.296. The molecule has 224 valence electrons. The molecule has 0 unspecified atom stereocenters. The number of amides is 1. The number of nitrogens with zero attached hydrogens (tertiary/aromatic N) is 5. The molecule has 1 saturated heterocycles. The zero-order valence-electron chi connectivity index (χ0n) is 23.6. The van der Waals surface area contributed by atoms with Gasteiger partial charge in [0.25, 0.3) is 0 Å². The van der Waals surface area contributed by atoms with E-state index in [1.807, 2.05) is 37.5 Å². The van der Waals surface area contributed by atoms with Crippen molar-refractivity contribution < 1.29 is 9.53 Å². The molecule has 0 radical (unpaired) electrons. The second-order valence-electron chi connectivity index (χ2n) is 11.5. The molecule has 1 aliphatic heterocycles. The first-order valence-corrected chi connectivity index (χ1v) is 14.6. The number of carbonyl (C=O) groups is 1. The number of aryl methyl sites for hydroxylation is 1. The van der Waals surface area contributed by atoms with E-state index in [1.54, 1.807) is 4.90 Å². The highest BCUT2D eigenvalue weighted by Crippen LogP contribution is 2.34. The Hall–Kier alpha value is -2.82. The van der Waals surface area contributed by atoms with Gasteiger partial charge in [-0.3, -0.25) is 0 Å². The molecule has 0 spiro atoms. The number of nitrogens with two attached hydrogens (primary N) is 1. The van der Waals surface area contributed by atoms with Gasteiger partial charge in [-0.05, 0) is 70.4 Å². The molecule has 3 aromatic rings. The molecule has 1 amide bonds. The molecule has 41 heavy (non-hydrogen) atoms. The standard InChI is InChI=1S/C29H40N8O2.2ClH/c1-19-6-12-24(13-7-19)39-29(38)36-16-14-22(15-17-36)32-26-25-27(37(18-31-25)23-4-2-3-5-23)35-28(34-26)33-21-10-8-20(30)9-11-21;;/h6-7,12-13,18,20-23H,2-5,8-11,14-17,30H2,1H3,(H2,32,33,34,35);2*1H. The van der Waals surface area contributed by atoms with Crippen LogP contribution in [0.25, 0.3) is 11.2 Å². The van der Waals surface area contributed by atoms with Crippen molar-refractivity contribution in [1.82, 2.24) is 24.4 Å². The van der Waals surface area contributed by atoms with Crippen LogP contribution in [0, 0.1) is 6.92 Å². The van der Waals surface area contributed by atoms with Crippen molar-refractivity contribution in [3.8, 4) is 5.75 Å². The predicted octanol–water partition coefficient (Wildman–Crippen LogP) is 5.85. The quantitative estimate of drug-likeness (QED) is 0.320. The van der Waals surface area contributed by atoms with Crippen molar-refractivity contribution in [2.75, 3.05) is 23.7 Å². The molecule has 1 aromatic carbocycles. The van der Waals surface area contributed by atoms with Gasteiger partial charge in [-0.15, -0.1) is 24.8 Å². The summed E-state index contributed by atoms with van der Waals surface area (Å²) in [7, 11) is 0. The van der Waals surface area contributed by atoms with Gasteiger partial charge in [0.2, 0.25) is 5.95 Å². The number of aromatic nitrogens is 4. The molecule has 3 aliphatic rings. The van der Waals surface area contributed by atoms with E-state index < -0.39 is 0 Å². The molecule has 0 bridgehead atoms. The number of anilines is 2. The number of imidazole rings is 1. The molecule has 3 heterocycles. The van der Waals surface area contributed by atoms with E-state index in [4.69, 9.17) is 25.4 Å². The summed E-state index contributed by atoms with van der Waals surface area (Å²) < 4.78 is 7.83. The normalized spacial score (nSPS) is 21.7. The second-order valence-corrected chi connectivity index (χ2v) is 11.5. The first-order chi connectivity index (χ1) is 19.0. The molecule has 10 nitrogen and oxygen atoms in total. The van der Waals surface area contributed by atoms with Crippen LogP contribution in [-0.4, -0.2) is 61.7 Å². The Morgan fingerprint density at radius 2 is 1.56 bits per heavy atom. The average Bonchev–Trinajstić information content (AvgIpc) is 3.62. The highest BCUT2D eigenvalue weighted by molar-refractivity contribution is 5.86. The number of benzene rings is 1. The summed E-state index contributed by atoms with van der Waals surface area (Å²) in [6.45, 7) is 3.26. The smallest absolute Gasteiger partial charge is 0.410 e. The number of likely N-dealkylation sites (tertiary alicyclic amines) is 1. The van der Waals surface area contributed by atoms with Crippen LogP contribution in [0.4, 0.5) is 16.6 Å². The lowest BCUT2D eigenvalue weighted by Crippen LogP contribution is -2.43. The van der Waals surface area contributed by atoms with Crippen LogP contribution < -0.4 is 21.1 Å². The third kappa shape index (κ3) is 7.34. The van der Waals surface area contributed by atoms with Gasteiger partial charge in [0.1, 0.15) is 5.75 Å². The fourth-order valence-electron chi connectivity index (χ4n) is 6.15. The molecule has 3 fully saturated rings. The van der Waals surface area contributed by atoms with E-state index in [2.05, 4.69) is 15.2 Å². The van der Waals surface area contributed by atoms with Gasteiger partial charge in [-0.25, -0.2) is 9.78 Å². The van der Waals surface area contributed by atoms with E-state index in [0.29, 0.717) is 42.9 Å². The van der Waals surface area contributed by atoms with Gasteiger partial charge in [-0.2, -0.15) is 9.97 Å². The Kier molecular flexibility index (Phi) is 10.5. The number of hydrogen-bond donors (Lipinski definition) is 3. The maximum Gasteiger partial charge on any atom is 0.415 e. The van der Waals surface area contributed by atoms with Gasteiger partial charge < -0.3 is 30.6 Å². The molecule has 2 aromatic heterocycles. The van der Waals surface area contributed by atoms with Crippen molar-refractivity contribution >= 4 is 53.8 Å². The molecule has 4 N–H and O–H groups in total. The zero-order chi connectivity index (χ0) is 26.8. The lowest BCUT2D eigenvalue weighted by Gasteiger charge is -2.32. The third-order valence-corrected chi connectivity index (χ3v) is 8.56.